The molecule has 98 valence electrons. The normalized spacial score (nSPS) is 10.3. The predicted octanol–water partition coefficient (Wildman–Crippen LogP) is 3.02. The average Bonchev–Trinajstić information content (AvgIpc) is 2.33. The molecule has 2 rings (SSSR count). The third-order valence-electron chi connectivity index (χ3n) is 2.49. The van der Waals surface area contributed by atoms with Gasteiger partial charge in [-0.3, -0.25) is 9.78 Å². The van der Waals surface area contributed by atoms with Crippen LogP contribution in [0, 0.1) is 12.7 Å². The number of rotatable bonds is 2. The molecule has 0 saturated carbocycles. The van der Waals surface area contributed by atoms with Gasteiger partial charge in [-0.25, -0.2) is 4.39 Å². The van der Waals surface area contributed by atoms with Crippen molar-refractivity contribution in [1.29, 1.82) is 0 Å². The van der Waals surface area contributed by atoms with Gasteiger partial charge < -0.3 is 11.1 Å². The lowest BCUT2D eigenvalue weighted by Gasteiger charge is -2.08. The second-order valence-corrected chi connectivity index (χ2v) is 4.40. The first-order valence-electron chi connectivity index (χ1n) is 5.46. The number of benzene rings is 1. The number of amides is 1. The van der Waals surface area contributed by atoms with Gasteiger partial charge in [-0.1, -0.05) is 11.6 Å². The van der Waals surface area contributed by atoms with Gasteiger partial charge >= 0.3 is 0 Å². The lowest BCUT2D eigenvalue weighted by atomic mass is 10.2. The Labute approximate surface area is 114 Å². The maximum absolute atomic E-state index is 13.0. The highest BCUT2D eigenvalue weighted by Crippen LogP contribution is 2.20. The van der Waals surface area contributed by atoms with E-state index in [9.17, 15) is 9.18 Å². The fourth-order valence-corrected chi connectivity index (χ4v) is 1.72. The SMILES string of the molecule is Cc1cc(N)c(C(=O)Nc2ccc(F)c(Cl)c2)cn1. The summed E-state index contributed by atoms with van der Waals surface area (Å²) in [4.78, 5) is 16.0. The van der Waals surface area contributed by atoms with Crippen LogP contribution in [0.3, 0.4) is 0 Å². The van der Waals surface area contributed by atoms with Gasteiger partial charge in [0.1, 0.15) is 5.82 Å². The van der Waals surface area contributed by atoms with Crippen LogP contribution in [-0.2, 0) is 0 Å². The molecule has 0 spiro atoms. The van der Waals surface area contributed by atoms with Crippen LogP contribution < -0.4 is 11.1 Å². The number of nitrogen functional groups attached to an aromatic ring is 1. The van der Waals surface area contributed by atoms with Gasteiger partial charge in [-0.05, 0) is 31.2 Å². The van der Waals surface area contributed by atoms with Crippen molar-refractivity contribution in [2.24, 2.45) is 0 Å². The third-order valence-corrected chi connectivity index (χ3v) is 2.78. The van der Waals surface area contributed by atoms with Crippen LogP contribution in [0.2, 0.25) is 5.02 Å². The molecule has 0 aliphatic heterocycles. The standard InChI is InChI=1S/C13H11ClFN3O/c1-7-4-12(16)9(6-17-7)13(19)18-8-2-3-11(15)10(14)5-8/h2-6H,1H3,(H2,16,17)(H,18,19). The van der Waals surface area contributed by atoms with Crippen molar-refractivity contribution in [2.75, 3.05) is 11.1 Å². The molecular weight excluding hydrogens is 269 g/mol. The van der Waals surface area contributed by atoms with Gasteiger partial charge in [0.25, 0.3) is 5.91 Å². The Bertz CT molecular complexity index is 646. The van der Waals surface area contributed by atoms with Crippen LogP contribution in [0.1, 0.15) is 16.1 Å². The number of anilines is 2. The molecular formula is C13H11ClFN3O. The second kappa shape index (κ2) is 5.24. The summed E-state index contributed by atoms with van der Waals surface area (Å²) in [7, 11) is 0. The molecule has 0 saturated heterocycles. The van der Waals surface area contributed by atoms with E-state index in [0.29, 0.717) is 11.4 Å². The van der Waals surface area contributed by atoms with Crippen LogP contribution in [0.4, 0.5) is 15.8 Å². The van der Waals surface area contributed by atoms with Gasteiger partial charge in [0.15, 0.2) is 0 Å². The first kappa shape index (κ1) is 13.3. The molecule has 6 heteroatoms. The van der Waals surface area contributed by atoms with Crippen molar-refractivity contribution in [3.63, 3.8) is 0 Å². The first-order chi connectivity index (χ1) is 8.97. The van der Waals surface area contributed by atoms with Gasteiger partial charge in [-0.15, -0.1) is 0 Å². The topological polar surface area (TPSA) is 68.0 Å². The van der Waals surface area contributed by atoms with Gasteiger partial charge in [0, 0.05) is 23.3 Å². The number of nitrogens with one attached hydrogen (secondary N) is 1. The van der Waals surface area contributed by atoms with E-state index in [0.717, 1.165) is 5.69 Å². The average molecular weight is 280 g/mol. The summed E-state index contributed by atoms with van der Waals surface area (Å²) >= 11 is 5.63. The number of pyridine rings is 1. The molecule has 1 amide bonds. The Balaban J connectivity index is 2.23. The Morgan fingerprint density at radius 3 is 2.79 bits per heavy atom. The van der Waals surface area contributed by atoms with E-state index in [-0.39, 0.29) is 10.6 Å². The number of nitrogens with zero attached hydrogens (tertiary/aromatic N) is 1. The lowest BCUT2D eigenvalue weighted by molar-refractivity contribution is 0.102. The van der Waals surface area contributed by atoms with Gasteiger partial charge in [0.05, 0.1) is 10.6 Å². The minimum absolute atomic E-state index is 0.0622. The van der Waals surface area contributed by atoms with Gasteiger partial charge in [0.2, 0.25) is 0 Å². The smallest absolute Gasteiger partial charge is 0.259 e. The summed E-state index contributed by atoms with van der Waals surface area (Å²) < 4.78 is 13.0. The second-order valence-electron chi connectivity index (χ2n) is 4.00. The Morgan fingerprint density at radius 1 is 1.42 bits per heavy atom. The Hall–Kier alpha value is -2.14. The molecule has 4 nitrogen and oxygen atoms in total. The van der Waals surface area contributed by atoms with Crippen molar-refractivity contribution in [3.8, 4) is 0 Å². The van der Waals surface area contributed by atoms with E-state index in [4.69, 9.17) is 17.3 Å². The largest absolute Gasteiger partial charge is 0.398 e. The third kappa shape index (κ3) is 3.00. The summed E-state index contributed by atoms with van der Waals surface area (Å²) in [5, 5.41) is 2.51. The lowest BCUT2D eigenvalue weighted by Crippen LogP contribution is -2.14. The Morgan fingerprint density at radius 2 is 2.16 bits per heavy atom. The zero-order valence-electron chi connectivity index (χ0n) is 10.1. The zero-order chi connectivity index (χ0) is 14.0. The molecule has 0 aliphatic rings. The molecule has 2 aromatic rings. The fourth-order valence-electron chi connectivity index (χ4n) is 1.54. The van der Waals surface area contributed by atoms with E-state index in [1.54, 1.807) is 13.0 Å². The zero-order valence-corrected chi connectivity index (χ0v) is 10.8. The molecule has 1 heterocycles. The summed E-state index contributed by atoms with van der Waals surface area (Å²) in [6.45, 7) is 1.78. The van der Waals surface area contributed by atoms with E-state index >= 15 is 0 Å². The maximum Gasteiger partial charge on any atom is 0.259 e. The predicted molar refractivity (Wildman–Crippen MR) is 72.7 cm³/mol. The van der Waals surface area contributed by atoms with Crippen molar-refractivity contribution in [3.05, 3.63) is 52.6 Å². The van der Waals surface area contributed by atoms with Crippen molar-refractivity contribution >= 4 is 28.9 Å². The van der Waals surface area contributed by atoms with Crippen LogP contribution in [0.5, 0.6) is 0 Å². The molecule has 0 atom stereocenters. The minimum Gasteiger partial charge on any atom is -0.398 e. The fraction of sp³-hybridized carbons (Fsp3) is 0.0769. The monoisotopic (exact) mass is 279 g/mol. The number of aromatic nitrogens is 1. The maximum atomic E-state index is 13.0. The molecule has 19 heavy (non-hydrogen) atoms. The van der Waals surface area contributed by atoms with Crippen molar-refractivity contribution in [1.82, 2.24) is 4.98 Å². The van der Waals surface area contributed by atoms with E-state index in [1.807, 2.05) is 0 Å². The highest BCUT2D eigenvalue weighted by atomic mass is 35.5. The number of hydrogen-bond donors (Lipinski definition) is 2. The van der Waals surface area contributed by atoms with E-state index < -0.39 is 11.7 Å². The molecule has 0 radical (unpaired) electrons. The molecule has 0 fully saturated rings. The van der Waals surface area contributed by atoms with Crippen molar-refractivity contribution in [2.45, 2.75) is 6.92 Å². The first-order valence-corrected chi connectivity index (χ1v) is 5.83. The number of carbonyl (C=O) groups excluding carboxylic acids is 1. The Kier molecular flexibility index (Phi) is 3.66. The minimum atomic E-state index is -0.545. The molecule has 0 unspecified atom stereocenters. The highest BCUT2D eigenvalue weighted by Gasteiger charge is 2.11. The quantitative estimate of drug-likeness (QED) is 0.888. The van der Waals surface area contributed by atoms with Crippen LogP contribution in [0.15, 0.2) is 30.5 Å². The van der Waals surface area contributed by atoms with E-state index in [2.05, 4.69) is 10.3 Å². The number of aryl methyl sites for hydroxylation is 1. The summed E-state index contributed by atoms with van der Waals surface area (Å²) in [6, 6.07) is 5.52. The summed E-state index contributed by atoms with van der Waals surface area (Å²) in [5.41, 5.74) is 7.44. The number of nitrogens with two attached hydrogens (primary N) is 1. The molecule has 3 N–H and O–H groups in total. The summed E-state index contributed by atoms with van der Waals surface area (Å²) in [5.74, 6) is -0.969. The molecule has 0 aliphatic carbocycles. The van der Waals surface area contributed by atoms with Crippen LogP contribution in [0.25, 0.3) is 0 Å². The number of hydrogen-bond acceptors (Lipinski definition) is 3. The van der Waals surface area contributed by atoms with Crippen LogP contribution >= 0.6 is 11.6 Å². The number of carbonyl (C=O) groups is 1. The van der Waals surface area contributed by atoms with Crippen LogP contribution in [-0.4, -0.2) is 10.9 Å². The highest BCUT2D eigenvalue weighted by molar-refractivity contribution is 6.31. The van der Waals surface area contributed by atoms with E-state index in [1.165, 1.54) is 24.4 Å². The van der Waals surface area contributed by atoms with Gasteiger partial charge in [-0.2, -0.15) is 0 Å². The molecule has 1 aromatic heterocycles. The molecule has 1 aromatic carbocycles. The van der Waals surface area contributed by atoms with Crippen molar-refractivity contribution < 1.29 is 9.18 Å². The molecule has 0 bridgehead atoms. The number of halogens is 2. The summed E-state index contributed by atoms with van der Waals surface area (Å²) in [6.07, 6.45) is 1.39.